The number of hydrogen-bond donors (Lipinski definition) is 2. The molecule has 108 valence electrons. The zero-order valence-corrected chi connectivity index (χ0v) is 12.1. The Balaban J connectivity index is 1.82. The third-order valence-corrected chi connectivity index (χ3v) is 3.02. The van der Waals surface area contributed by atoms with E-state index in [1.165, 1.54) is 0 Å². The van der Waals surface area contributed by atoms with Gasteiger partial charge < -0.3 is 15.1 Å². The lowest BCUT2D eigenvalue weighted by Gasteiger charge is -2.14. The van der Waals surface area contributed by atoms with Gasteiger partial charge in [0, 0.05) is 25.1 Å². The van der Waals surface area contributed by atoms with Crippen molar-refractivity contribution in [2.24, 2.45) is 0 Å². The van der Waals surface area contributed by atoms with Gasteiger partial charge in [0.05, 0.1) is 6.26 Å². The molecular formula is C15H22N4O. The second kappa shape index (κ2) is 7.53. The van der Waals surface area contributed by atoms with Gasteiger partial charge in [0.2, 0.25) is 0 Å². The van der Waals surface area contributed by atoms with Crippen LogP contribution in [0.4, 0.5) is 11.6 Å². The first-order valence-corrected chi connectivity index (χ1v) is 7.12. The van der Waals surface area contributed by atoms with E-state index < -0.39 is 0 Å². The molecule has 0 radical (unpaired) electrons. The first-order chi connectivity index (χ1) is 9.78. The molecule has 0 aromatic carbocycles. The number of rotatable bonds is 8. The molecule has 1 atom stereocenters. The van der Waals surface area contributed by atoms with Gasteiger partial charge in [-0.3, -0.25) is 0 Å². The average Bonchev–Trinajstić information content (AvgIpc) is 2.97. The van der Waals surface area contributed by atoms with Gasteiger partial charge in [-0.2, -0.15) is 0 Å². The smallest absolute Gasteiger partial charge is 0.131 e. The Bertz CT molecular complexity index is 498. The van der Waals surface area contributed by atoms with Gasteiger partial charge in [-0.25, -0.2) is 9.97 Å². The van der Waals surface area contributed by atoms with Gasteiger partial charge >= 0.3 is 0 Å². The molecule has 2 heterocycles. The molecule has 2 N–H and O–H groups in total. The summed E-state index contributed by atoms with van der Waals surface area (Å²) in [5.74, 6) is 2.74. The minimum Gasteiger partial charge on any atom is -0.469 e. The van der Waals surface area contributed by atoms with E-state index in [0.29, 0.717) is 6.04 Å². The van der Waals surface area contributed by atoms with E-state index in [1.807, 2.05) is 18.2 Å². The molecule has 1 unspecified atom stereocenters. The van der Waals surface area contributed by atoms with Crippen LogP contribution in [0.15, 0.2) is 35.2 Å². The van der Waals surface area contributed by atoms with Crippen LogP contribution in [0.2, 0.25) is 0 Å². The first-order valence-electron chi connectivity index (χ1n) is 7.12. The standard InChI is InChI=1S/C15H22N4O/c1-3-8-16-14-10-15(18-11-17-14)19-12(2)6-7-13-5-4-9-20-13/h4-5,9-12H,3,6-8H2,1-2H3,(H2,16,17,18,19). The number of nitrogens with zero attached hydrogens (tertiary/aromatic N) is 2. The SMILES string of the molecule is CCCNc1cc(NC(C)CCc2ccco2)ncn1. The maximum atomic E-state index is 5.33. The zero-order valence-electron chi connectivity index (χ0n) is 12.1. The summed E-state index contributed by atoms with van der Waals surface area (Å²) in [6.07, 6.45) is 6.29. The molecule has 0 spiro atoms. The fourth-order valence-corrected chi connectivity index (χ4v) is 1.92. The van der Waals surface area contributed by atoms with Crippen molar-refractivity contribution in [2.75, 3.05) is 17.2 Å². The van der Waals surface area contributed by atoms with Crippen LogP contribution in [0.25, 0.3) is 0 Å². The molecule has 2 rings (SSSR count). The summed E-state index contributed by atoms with van der Waals surface area (Å²) < 4.78 is 5.33. The summed E-state index contributed by atoms with van der Waals surface area (Å²) >= 11 is 0. The molecule has 0 fully saturated rings. The molecular weight excluding hydrogens is 252 g/mol. The number of aromatic nitrogens is 2. The van der Waals surface area contributed by atoms with Gasteiger partial charge in [0.1, 0.15) is 23.7 Å². The van der Waals surface area contributed by atoms with Crippen molar-refractivity contribution in [2.45, 2.75) is 39.2 Å². The van der Waals surface area contributed by atoms with Crippen molar-refractivity contribution in [1.82, 2.24) is 9.97 Å². The summed E-state index contributed by atoms with van der Waals surface area (Å²) in [5, 5.41) is 6.64. The zero-order chi connectivity index (χ0) is 14.2. The van der Waals surface area contributed by atoms with E-state index >= 15 is 0 Å². The van der Waals surface area contributed by atoms with Crippen molar-refractivity contribution in [3.8, 4) is 0 Å². The molecule has 2 aromatic heterocycles. The van der Waals surface area contributed by atoms with Gasteiger partial charge in [-0.15, -0.1) is 0 Å². The number of hydrogen-bond acceptors (Lipinski definition) is 5. The highest BCUT2D eigenvalue weighted by atomic mass is 16.3. The third kappa shape index (κ3) is 4.57. The molecule has 20 heavy (non-hydrogen) atoms. The summed E-state index contributed by atoms with van der Waals surface area (Å²) in [6, 6.07) is 6.20. The first kappa shape index (κ1) is 14.4. The van der Waals surface area contributed by atoms with E-state index in [4.69, 9.17) is 4.42 Å². The Hall–Kier alpha value is -2.04. The average molecular weight is 274 g/mol. The molecule has 5 nitrogen and oxygen atoms in total. The van der Waals surface area contributed by atoms with Crippen LogP contribution in [0.5, 0.6) is 0 Å². The number of anilines is 2. The van der Waals surface area contributed by atoms with Crippen molar-refractivity contribution in [1.29, 1.82) is 0 Å². The molecule has 0 amide bonds. The second-order valence-electron chi connectivity index (χ2n) is 4.88. The number of furan rings is 1. The molecule has 0 saturated heterocycles. The molecule has 2 aromatic rings. The van der Waals surface area contributed by atoms with E-state index in [9.17, 15) is 0 Å². The quantitative estimate of drug-likeness (QED) is 0.773. The molecule has 0 aliphatic rings. The minimum atomic E-state index is 0.328. The molecule has 0 saturated carbocycles. The highest BCUT2D eigenvalue weighted by molar-refractivity contribution is 5.46. The summed E-state index contributed by atoms with van der Waals surface area (Å²) in [6.45, 7) is 5.19. The molecule has 0 bridgehead atoms. The Morgan fingerprint density at radius 2 is 2.15 bits per heavy atom. The lowest BCUT2D eigenvalue weighted by atomic mass is 10.1. The van der Waals surface area contributed by atoms with E-state index in [0.717, 1.165) is 43.2 Å². The molecule has 0 aliphatic carbocycles. The Morgan fingerprint density at radius 3 is 2.90 bits per heavy atom. The van der Waals surface area contributed by atoms with Gasteiger partial charge in [-0.1, -0.05) is 6.92 Å². The lowest BCUT2D eigenvalue weighted by Crippen LogP contribution is -2.17. The Kier molecular flexibility index (Phi) is 5.41. The van der Waals surface area contributed by atoms with Crippen molar-refractivity contribution in [3.05, 3.63) is 36.5 Å². The maximum Gasteiger partial charge on any atom is 0.131 e. The number of aryl methyl sites for hydroxylation is 1. The predicted octanol–water partition coefficient (Wildman–Crippen LogP) is 3.32. The van der Waals surface area contributed by atoms with Crippen LogP contribution in [0.3, 0.4) is 0 Å². The minimum absolute atomic E-state index is 0.328. The van der Waals surface area contributed by atoms with Crippen molar-refractivity contribution in [3.63, 3.8) is 0 Å². The number of nitrogens with one attached hydrogen (secondary N) is 2. The lowest BCUT2D eigenvalue weighted by molar-refractivity contribution is 0.495. The third-order valence-electron chi connectivity index (χ3n) is 3.02. The monoisotopic (exact) mass is 274 g/mol. The van der Waals surface area contributed by atoms with Crippen LogP contribution < -0.4 is 10.6 Å². The van der Waals surface area contributed by atoms with E-state index in [1.54, 1.807) is 12.6 Å². The van der Waals surface area contributed by atoms with Gasteiger partial charge in [0.25, 0.3) is 0 Å². The fourth-order valence-electron chi connectivity index (χ4n) is 1.92. The van der Waals surface area contributed by atoms with Crippen LogP contribution in [-0.2, 0) is 6.42 Å². The second-order valence-corrected chi connectivity index (χ2v) is 4.88. The largest absolute Gasteiger partial charge is 0.469 e. The van der Waals surface area contributed by atoms with Crippen LogP contribution in [0.1, 0.15) is 32.4 Å². The van der Waals surface area contributed by atoms with Gasteiger partial charge in [-0.05, 0) is 31.9 Å². The highest BCUT2D eigenvalue weighted by Crippen LogP contribution is 2.12. The Morgan fingerprint density at radius 1 is 1.30 bits per heavy atom. The fraction of sp³-hybridized carbons (Fsp3) is 0.467. The van der Waals surface area contributed by atoms with Crippen molar-refractivity contribution >= 4 is 11.6 Å². The summed E-state index contributed by atoms with van der Waals surface area (Å²) in [7, 11) is 0. The normalized spacial score (nSPS) is 12.1. The topological polar surface area (TPSA) is 63.0 Å². The maximum absolute atomic E-state index is 5.33. The Labute approximate surface area is 119 Å². The van der Waals surface area contributed by atoms with Crippen LogP contribution >= 0.6 is 0 Å². The van der Waals surface area contributed by atoms with E-state index in [2.05, 4.69) is 34.4 Å². The summed E-state index contributed by atoms with van der Waals surface area (Å²) in [4.78, 5) is 8.44. The van der Waals surface area contributed by atoms with E-state index in [-0.39, 0.29) is 0 Å². The van der Waals surface area contributed by atoms with Crippen LogP contribution in [-0.4, -0.2) is 22.6 Å². The summed E-state index contributed by atoms with van der Waals surface area (Å²) in [5.41, 5.74) is 0. The van der Waals surface area contributed by atoms with Crippen molar-refractivity contribution < 1.29 is 4.42 Å². The molecule has 0 aliphatic heterocycles. The molecule has 5 heteroatoms. The predicted molar refractivity (Wildman–Crippen MR) is 80.9 cm³/mol. The van der Waals surface area contributed by atoms with Crippen LogP contribution in [0, 0.1) is 0 Å². The van der Waals surface area contributed by atoms with Gasteiger partial charge in [0.15, 0.2) is 0 Å². The highest BCUT2D eigenvalue weighted by Gasteiger charge is 2.06.